The van der Waals surface area contributed by atoms with Gasteiger partial charge in [0.25, 0.3) is 0 Å². The number of unbranched alkanes of at least 4 members (excludes halogenated alkanes) is 4. The molecule has 4 rings (SSSR count). The fraction of sp³-hybridized carbons (Fsp3) is 0.243. The number of hydrogen-bond donors (Lipinski definition) is 0. The molecule has 0 aliphatic heterocycles. The normalized spacial score (nSPS) is 11.2. The van der Waals surface area contributed by atoms with E-state index in [2.05, 4.69) is 17.1 Å². The van der Waals surface area contributed by atoms with E-state index >= 15 is 0 Å². The highest BCUT2D eigenvalue weighted by atomic mass is 16.5. The molecule has 0 saturated carbocycles. The molecular formula is C37H38N2O5. The van der Waals surface area contributed by atoms with Crippen molar-refractivity contribution in [1.29, 1.82) is 0 Å². The zero-order valence-corrected chi connectivity index (χ0v) is 25.5. The first kappa shape index (κ1) is 31.9. The van der Waals surface area contributed by atoms with Gasteiger partial charge in [-0.1, -0.05) is 56.4 Å². The smallest absolute Gasteiger partial charge is 0.343 e. The fourth-order valence-electron chi connectivity index (χ4n) is 4.34. The Labute approximate surface area is 259 Å². The number of rotatable bonds is 14. The summed E-state index contributed by atoms with van der Waals surface area (Å²) in [6.07, 6.45) is 9.15. The van der Waals surface area contributed by atoms with Gasteiger partial charge in [0, 0.05) is 0 Å². The minimum absolute atomic E-state index is 0.409. The van der Waals surface area contributed by atoms with Gasteiger partial charge in [0.2, 0.25) is 0 Å². The van der Waals surface area contributed by atoms with Gasteiger partial charge >= 0.3 is 11.9 Å². The number of benzene rings is 4. The van der Waals surface area contributed by atoms with E-state index in [0.717, 1.165) is 34.4 Å². The average Bonchev–Trinajstić information content (AvgIpc) is 3.03. The number of ether oxygens (including phenoxy) is 3. The van der Waals surface area contributed by atoms with E-state index in [9.17, 15) is 9.59 Å². The second-order valence-electron chi connectivity index (χ2n) is 10.5. The van der Waals surface area contributed by atoms with Crippen LogP contribution in [0.1, 0.15) is 82.0 Å². The Morgan fingerprint density at radius 2 is 1.20 bits per heavy atom. The fourth-order valence-corrected chi connectivity index (χ4v) is 4.34. The van der Waals surface area contributed by atoms with Gasteiger partial charge in [-0.25, -0.2) is 9.59 Å². The quantitative estimate of drug-likeness (QED) is 0.0483. The van der Waals surface area contributed by atoms with Crippen molar-refractivity contribution in [2.75, 3.05) is 6.61 Å². The number of carbonyl (C=O) groups excluding carboxylic acids is 2. The highest BCUT2D eigenvalue weighted by molar-refractivity contribution is 5.94. The lowest BCUT2D eigenvalue weighted by Gasteiger charge is -2.09. The zero-order chi connectivity index (χ0) is 31.1. The van der Waals surface area contributed by atoms with Crippen LogP contribution >= 0.6 is 0 Å². The van der Waals surface area contributed by atoms with Gasteiger partial charge in [0.05, 0.1) is 30.2 Å². The SMILES string of the molecule is CCCCCCCOc1ccc(OC(=O)c2ccc(/C=N/N=C/c3ccc(OC(=O)c4ccc(C)cc4)cc3)cc2C)cc1. The van der Waals surface area contributed by atoms with Gasteiger partial charge < -0.3 is 14.2 Å². The molecule has 0 bridgehead atoms. The molecule has 0 unspecified atom stereocenters. The molecule has 0 aliphatic rings. The Balaban J connectivity index is 1.24. The van der Waals surface area contributed by atoms with Gasteiger partial charge in [-0.2, -0.15) is 10.2 Å². The molecule has 4 aromatic rings. The summed E-state index contributed by atoms with van der Waals surface area (Å²) in [5, 5.41) is 8.22. The lowest BCUT2D eigenvalue weighted by molar-refractivity contribution is 0.0724. The molecule has 0 fully saturated rings. The van der Waals surface area contributed by atoms with Gasteiger partial charge in [0.15, 0.2) is 0 Å². The molecule has 7 nitrogen and oxygen atoms in total. The summed E-state index contributed by atoms with van der Waals surface area (Å²) >= 11 is 0. The summed E-state index contributed by atoms with van der Waals surface area (Å²) in [6.45, 7) is 6.70. The summed E-state index contributed by atoms with van der Waals surface area (Å²) in [6, 6.07) is 26.7. The third-order valence-corrected chi connectivity index (χ3v) is 6.88. The molecule has 7 heteroatoms. The molecule has 0 radical (unpaired) electrons. The lowest BCUT2D eigenvalue weighted by atomic mass is 10.1. The Morgan fingerprint density at radius 3 is 1.86 bits per heavy atom. The van der Waals surface area contributed by atoms with Gasteiger partial charge in [-0.15, -0.1) is 0 Å². The van der Waals surface area contributed by atoms with E-state index in [4.69, 9.17) is 14.2 Å². The maximum atomic E-state index is 12.8. The van der Waals surface area contributed by atoms with Gasteiger partial charge in [-0.3, -0.25) is 0 Å². The van der Waals surface area contributed by atoms with Gasteiger partial charge in [-0.05, 0) is 110 Å². The molecule has 0 saturated heterocycles. The molecule has 0 spiro atoms. The van der Waals surface area contributed by atoms with Crippen molar-refractivity contribution in [2.24, 2.45) is 10.2 Å². The number of carbonyl (C=O) groups is 2. The Kier molecular flexibility index (Phi) is 12.0. The summed E-state index contributed by atoms with van der Waals surface area (Å²) in [5.41, 5.74) is 4.41. The number of aryl methyl sites for hydroxylation is 2. The van der Waals surface area contributed by atoms with Crippen molar-refractivity contribution in [1.82, 2.24) is 0 Å². The van der Waals surface area contributed by atoms with E-state index < -0.39 is 11.9 Å². The lowest BCUT2D eigenvalue weighted by Crippen LogP contribution is -2.10. The van der Waals surface area contributed by atoms with Gasteiger partial charge in [0.1, 0.15) is 17.2 Å². The first-order chi connectivity index (χ1) is 21.4. The van der Waals surface area contributed by atoms with Crippen molar-refractivity contribution in [3.8, 4) is 17.2 Å². The zero-order valence-electron chi connectivity index (χ0n) is 25.5. The van der Waals surface area contributed by atoms with Crippen molar-refractivity contribution in [2.45, 2.75) is 52.9 Å². The first-order valence-electron chi connectivity index (χ1n) is 14.9. The van der Waals surface area contributed by atoms with Crippen molar-refractivity contribution < 1.29 is 23.8 Å². The molecule has 0 aromatic heterocycles. The van der Waals surface area contributed by atoms with Crippen LogP contribution < -0.4 is 14.2 Å². The molecule has 0 atom stereocenters. The topological polar surface area (TPSA) is 86.6 Å². The van der Waals surface area contributed by atoms with Crippen LogP contribution in [0.3, 0.4) is 0 Å². The highest BCUT2D eigenvalue weighted by Gasteiger charge is 2.12. The van der Waals surface area contributed by atoms with E-state index in [1.165, 1.54) is 25.7 Å². The van der Waals surface area contributed by atoms with Crippen LogP contribution in [0, 0.1) is 13.8 Å². The maximum Gasteiger partial charge on any atom is 0.343 e. The van der Waals surface area contributed by atoms with Crippen molar-refractivity contribution in [3.05, 3.63) is 124 Å². The Hall–Kier alpha value is -5.04. The van der Waals surface area contributed by atoms with E-state index in [-0.39, 0.29) is 0 Å². The van der Waals surface area contributed by atoms with Crippen LogP contribution in [0.5, 0.6) is 17.2 Å². The first-order valence-corrected chi connectivity index (χ1v) is 14.9. The highest BCUT2D eigenvalue weighted by Crippen LogP contribution is 2.21. The van der Waals surface area contributed by atoms with Crippen molar-refractivity contribution >= 4 is 24.4 Å². The standard InChI is InChI=1S/C37H38N2O5/c1-4-5-6-7-8-23-42-32-18-20-34(21-19-32)44-37(41)35-22-13-30(24-28(35)3)26-39-38-25-29-11-16-33(17-12-29)43-36(40)31-14-9-27(2)10-15-31/h9-22,24-26H,4-8,23H2,1-3H3/b38-25+,39-26+. The Morgan fingerprint density at radius 1 is 0.636 bits per heavy atom. The summed E-state index contributed by atoms with van der Waals surface area (Å²) < 4.78 is 16.8. The minimum atomic E-state index is -0.429. The molecule has 4 aromatic carbocycles. The second kappa shape index (κ2) is 16.6. The molecule has 0 heterocycles. The predicted octanol–water partition coefficient (Wildman–Crippen LogP) is 8.54. The van der Waals surface area contributed by atoms with E-state index in [0.29, 0.717) is 29.2 Å². The molecule has 226 valence electrons. The summed E-state index contributed by atoms with van der Waals surface area (Å²) in [4.78, 5) is 25.1. The molecule has 0 amide bonds. The number of esters is 2. The van der Waals surface area contributed by atoms with Crippen LogP contribution in [0.4, 0.5) is 0 Å². The third-order valence-electron chi connectivity index (χ3n) is 6.88. The maximum absolute atomic E-state index is 12.8. The van der Waals surface area contributed by atoms with Crippen molar-refractivity contribution in [3.63, 3.8) is 0 Å². The predicted molar refractivity (Wildman–Crippen MR) is 175 cm³/mol. The van der Waals surface area contributed by atoms with Crippen LogP contribution in [0.25, 0.3) is 0 Å². The molecule has 0 N–H and O–H groups in total. The van der Waals surface area contributed by atoms with Crippen LogP contribution in [-0.4, -0.2) is 31.0 Å². The molecule has 44 heavy (non-hydrogen) atoms. The van der Waals surface area contributed by atoms with Crippen LogP contribution in [0.15, 0.2) is 101 Å². The third kappa shape index (κ3) is 10.1. The van der Waals surface area contributed by atoms with E-state index in [1.807, 2.05) is 44.2 Å². The summed E-state index contributed by atoms with van der Waals surface area (Å²) in [7, 11) is 0. The average molecular weight is 591 g/mol. The minimum Gasteiger partial charge on any atom is -0.494 e. The van der Waals surface area contributed by atoms with Crippen LogP contribution in [-0.2, 0) is 0 Å². The Bertz CT molecular complexity index is 1570. The number of nitrogens with zero attached hydrogens (tertiary/aromatic N) is 2. The van der Waals surface area contributed by atoms with Crippen LogP contribution in [0.2, 0.25) is 0 Å². The monoisotopic (exact) mass is 590 g/mol. The second-order valence-corrected chi connectivity index (χ2v) is 10.5. The van der Waals surface area contributed by atoms with E-state index in [1.54, 1.807) is 73.1 Å². The largest absolute Gasteiger partial charge is 0.494 e. The number of hydrogen-bond acceptors (Lipinski definition) is 7. The molecular weight excluding hydrogens is 552 g/mol. The summed E-state index contributed by atoms with van der Waals surface area (Å²) in [5.74, 6) is 0.830. The molecule has 0 aliphatic carbocycles.